The summed E-state index contributed by atoms with van der Waals surface area (Å²) in [6.45, 7) is 1.30. The number of nitrogens with zero attached hydrogens (tertiary/aromatic N) is 4. The summed E-state index contributed by atoms with van der Waals surface area (Å²) < 4.78 is 75.2. The zero-order valence-electron chi connectivity index (χ0n) is 15.5. The predicted octanol–water partition coefficient (Wildman–Crippen LogP) is 3.81. The van der Waals surface area contributed by atoms with E-state index in [0.29, 0.717) is 13.0 Å². The van der Waals surface area contributed by atoms with E-state index >= 15 is 0 Å². The number of fused-ring (bicyclic) bond motifs is 1. The maximum absolute atomic E-state index is 14.8. The minimum absolute atomic E-state index is 0.105. The maximum atomic E-state index is 14.8. The SMILES string of the molecule is C[C@@H](Nc1c(-c2c(F)cc(OCCCN)cc2F)c(Cl)nc2ncnn12)C(F)(F)F. The molecule has 0 unspecified atom stereocenters. The molecule has 3 aromatic rings. The molecule has 3 N–H and O–H groups in total. The summed E-state index contributed by atoms with van der Waals surface area (Å²) in [4.78, 5) is 7.63. The first-order valence-electron chi connectivity index (χ1n) is 8.68. The Balaban J connectivity index is 2.16. The Kier molecular flexibility index (Phi) is 6.27. The van der Waals surface area contributed by atoms with Crippen LogP contribution in [-0.2, 0) is 0 Å². The summed E-state index contributed by atoms with van der Waals surface area (Å²) in [6.07, 6.45) is -3.17. The fourth-order valence-electron chi connectivity index (χ4n) is 2.60. The average Bonchev–Trinajstić information content (AvgIpc) is 3.10. The van der Waals surface area contributed by atoms with Gasteiger partial charge in [-0.3, -0.25) is 0 Å². The number of halogens is 6. The lowest BCUT2D eigenvalue weighted by Gasteiger charge is -2.21. The molecule has 0 fully saturated rings. The normalized spacial score (nSPS) is 12.9. The molecule has 13 heteroatoms. The second-order valence-corrected chi connectivity index (χ2v) is 6.62. The summed E-state index contributed by atoms with van der Waals surface area (Å²) in [5.41, 5.74) is 4.22. The van der Waals surface area contributed by atoms with Gasteiger partial charge in [0.05, 0.1) is 17.7 Å². The Morgan fingerprint density at radius 1 is 1.23 bits per heavy atom. The summed E-state index contributed by atoms with van der Waals surface area (Å²) in [5.74, 6) is -2.89. The quantitative estimate of drug-likeness (QED) is 0.323. The number of aromatic nitrogens is 4. The van der Waals surface area contributed by atoms with Gasteiger partial charge >= 0.3 is 6.18 Å². The third-order valence-electron chi connectivity index (χ3n) is 4.11. The maximum Gasteiger partial charge on any atom is 0.408 e. The van der Waals surface area contributed by atoms with Crippen molar-refractivity contribution in [2.75, 3.05) is 18.5 Å². The van der Waals surface area contributed by atoms with Crippen molar-refractivity contribution >= 4 is 23.2 Å². The van der Waals surface area contributed by atoms with E-state index in [0.717, 1.165) is 29.9 Å². The lowest BCUT2D eigenvalue weighted by molar-refractivity contribution is -0.138. The topological polar surface area (TPSA) is 90.4 Å². The van der Waals surface area contributed by atoms with Crippen LogP contribution in [0.4, 0.5) is 27.8 Å². The van der Waals surface area contributed by atoms with Gasteiger partial charge in [-0.25, -0.2) is 8.78 Å². The molecule has 0 aliphatic heterocycles. The highest BCUT2D eigenvalue weighted by Gasteiger charge is 2.37. The van der Waals surface area contributed by atoms with Gasteiger partial charge < -0.3 is 15.8 Å². The van der Waals surface area contributed by atoms with Crippen LogP contribution in [0.3, 0.4) is 0 Å². The zero-order valence-corrected chi connectivity index (χ0v) is 16.2. The Morgan fingerprint density at radius 3 is 2.50 bits per heavy atom. The Hall–Kier alpha value is -2.73. The highest BCUT2D eigenvalue weighted by atomic mass is 35.5. The van der Waals surface area contributed by atoms with Gasteiger partial charge in [0.15, 0.2) is 0 Å². The third kappa shape index (κ3) is 4.38. The van der Waals surface area contributed by atoms with Crippen LogP contribution in [-0.4, -0.2) is 45.0 Å². The summed E-state index contributed by atoms with van der Waals surface area (Å²) in [5, 5.41) is 5.49. The number of nitrogens with one attached hydrogen (secondary N) is 1. The molecule has 1 atom stereocenters. The number of hydrogen-bond acceptors (Lipinski definition) is 6. The first-order valence-corrected chi connectivity index (χ1v) is 9.06. The first-order chi connectivity index (χ1) is 14.1. The molecule has 2 heterocycles. The lowest BCUT2D eigenvalue weighted by Crippen LogP contribution is -2.34. The number of benzene rings is 1. The van der Waals surface area contributed by atoms with Crippen molar-refractivity contribution in [3.8, 4) is 16.9 Å². The van der Waals surface area contributed by atoms with Crippen LogP contribution in [0, 0.1) is 11.6 Å². The van der Waals surface area contributed by atoms with Gasteiger partial charge in [0.25, 0.3) is 5.78 Å². The van der Waals surface area contributed by atoms with Gasteiger partial charge in [0.1, 0.15) is 40.7 Å². The largest absolute Gasteiger partial charge is 0.493 e. The van der Waals surface area contributed by atoms with E-state index < -0.39 is 46.0 Å². The minimum atomic E-state index is -4.66. The fourth-order valence-corrected chi connectivity index (χ4v) is 2.86. The van der Waals surface area contributed by atoms with Gasteiger partial charge in [0.2, 0.25) is 0 Å². The molecule has 0 amide bonds. The Bertz CT molecular complexity index is 1030. The first kappa shape index (κ1) is 22.0. The molecule has 0 aliphatic rings. The molecule has 0 radical (unpaired) electrons. The predicted molar refractivity (Wildman–Crippen MR) is 99.5 cm³/mol. The van der Waals surface area contributed by atoms with Crippen LogP contribution in [0.25, 0.3) is 16.9 Å². The van der Waals surface area contributed by atoms with Crippen LogP contribution in [0.2, 0.25) is 5.15 Å². The average molecular weight is 451 g/mol. The number of alkyl halides is 3. The van der Waals surface area contributed by atoms with E-state index in [9.17, 15) is 22.0 Å². The number of ether oxygens (including phenoxy) is 1. The van der Waals surface area contributed by atoms with E-state index in [4.69, 9.17) is 22.1 Å². The van der Waals surface area contributed by atoms with Crippen molar-refractivity contribution in [3.05, 3.63) is 35.2 Å². The molecule has 3 rings (SSSR count). The lowest BCUT2D eigenvalue weighted by atomic mass is 10.1. The number of nitrogens with two attached hydrogens (primary N) is 1. The highest BCUT2D eigenvalue weighted by molar-refractivity contribution is 6.33. The van der Waals surface area contributed by atoms with Gasteiger partial charge in [-0.05, 0) is 19.9 Å². The van der Waals surface area contributed by atoms with Crippen LogP contribution in [0.15, 0.2) is 18.5 Å². The Morgan fingerprint density at radius 2 is 1.90 bits per heavy atom. The molecule has 2 aromatic heterocycles. The van der Waals surface area contributed by atoms with Crippen LogP contribution < -0.4 is 15.8 Å². The number of hydrogen-bond donors (Lipinski definition) is 2. The molecular formula is C17H16ClF5N6O. The van der Waals surface area contributed by atoms with Crippen molar-refractivity contribution in [1.29, 1.82) is 0 Å². The van der Waals surface area contributed by atoms with Crippen molar-refractivity contribution in [1.82, 2.24) is 19.6 Å². The number of anilines is 1. The van der Waals surface area contributed by atoms with E-state index in [1.165, 1.54) is 0 Å². The zero-order chi connectivity index (χ0) is 22.1. The summed E-state index contributed by atoms with van der Waals surface area (Å²) >= 11 is 6.09. The highest BCUT2D eigenvalue weighted by Crippen LogP contribution is 2.39. The molecule has 0 saturated carbocycles. The van der Waals surface area contributed by atoms with Crippen LogP contribution in [0.5, 0.6) is 5.75 Å². The minimum Gasteiger partial charge on any atom is -0.493 e. The van der Waals surface area contributed by atoms with Gasteiger partial charge in [-0.2, -0.15) is 32.8 Å². The molecule has 0 bridgehead atoms. The van der Waals surface area contributed by atoms with Crippen molar-refractivity contribution < 1.29 is 26.7 Å². The molecule has 7 nitrogen and oxygen atoms in total. The molecule has 162 valence electrons. The van der Waals surface area contributed by atoms with Gasteiger partial charge in [-0.1, -0.05) is 11.6 Å². The second kappa shape index (κ2) is 8.56. The van der Waals surface area contributed by atoms with Gasteiger partial charge in [-0.15, -0.1) is 0 Å². The fraction of sp³-hybridized carbons (Fsp3) is 0.353. The molecule has 0 aliphatic carbocycles. The van der Waals surface area contributed by atoms with Crippen LogP contribution >= 0.6 is 11.6 Å². The molecule has 1 aromatic carbocycles. The molecular weight excluding hydrogens is 435 g/mol. The Labute approximate surface area is 172 Å². The number of rotatable bonds is 7. The molecule has 0 spiro atoms. The standard InChI is InChI=1S/C17H16ClF5N6O/c1-8(17(21,22)23)27-15-13(14(18)28-16-25-7-26-29(15)16)12-10(19)5-9(6-11(12)20)30-4-2-3-24/h5-8,27H,2-4,24H2,1H3/t8-/m1/s1. The second-order valence-electron chi connectivity index (χ2n) is 6.26. The van der Waals surface area contributed by atoms with Gasteiger partial charge in [0, 0.05) is 12.1 Å². The van der Waals surface area contributed by atoms with Crippen molar-refractivity contribution in [2.45, 2.75) is 25.6 Å². The van der Waals surface area contributed by atoms with Crippen LogP contribution in [0.1, 0.15) is 13.3 Å². The van der Waals surface area contributed by atoms with Crippen molar-refractivity contribution in [3.63, 3.8) is 0 Å². The monoisotopic (exact) mass is 450 g/mol. The van der Waals surface area contributed by atoms with E-state index in [1.54, 1.807) is 0 Å². The summed E-state index contributed by atoms with van der Waals surface area (Å²) in [7, 11) is 0. The van der Waals surface area contributed by atoms with Crippen molar-refractivity contribution in [2.24, 2.45) is 5.73 Å². The van der Waals surface area contributed by atoms with E-state index in [1.807, 2.05) is 0 Å². The molecule has 0 saturated heterocycles. The molecule has 30 heavy (non-hydrogen) atoms. The van der Waals surface area contributed by atoms with E-state index in [-0.39, 0.29) is 18.1 Å². The smallest absolute Gasteiger partial charge is 0.408 e. The third-order valence-corrected chi connectivity index (χ3v) is 4.38. The van der Waals surface area contributed by atoms with E-state index in [2.05, 4.69) is 20.4 Å². The summed E-state index contributed by atoms with van der Waals surface area (Å²) in [6, 6.07) is -0.297.